The molecule has 0 spiro atoms. The van der Waals surface area contributed by atoms with Crippen molar-refractivity contribution in [2.45, 2.75) is 0 Å². The molecule has 122 valence electrons. The number of hydrogen-bond donors (Lipinski definition) is 2. The zero-order valence-electron chi connectivity index (χ0n) is 12.0. The molecule has 0 aliphatic heterocycles. The van der Waals surface area contributed by atoms with Crippen LogP contribution in [-0.2, 0) is 4.79 Å². The smallest absolute Gasteiger partial charge is 0.262 e. The van der Waals surface area contributed by atoms with Gasteiger partial charge in [0.25, 0.3) is 5.91 Å². The topological polar surface area (TPSA) is 62.7 Å². The molecule has 0 saturated carbocycles. The van der Waals surface area contributed by atoms with Crippen LogP contribution in [0.4, 0.5) is 0 Å². The van der Waals surface area contributed by atoms with Gasteiger partial charge in [-0.1, -0.05) is 11.6 Å². The van der Waals surface area contributed by atoms with Crippen LogP contribution in [0.25, 0.3) is 17.5 Å². The molecule has 5 nitrogen and oxygen atoms in total. The fraction of sp³-hybridized carbons (Fsp3) is 0. The average molecular weight is 442 g/mol. The van der Waals surface area contributed by atoms with Gasteiger partial charge in [-0.25, -0.2) is 9.77 Å². The molecule has 2 N–H and O–H groups in total. The summed E-state index contributed by atoms with van der Waals surface area (Å²) in [5.74, 6) is 0.185. The largest absolute Gasteiger partial charge is 0.268 e. The summed E-state index contributed by atoms with van der Waals surface area (Å²) in [6.45, 7) is 0. The number of nitrogens with one attached hydrogen (secondary N) is 2. The molecule has 0 saturated heterocycles. The van der Waals surface area contributed by atoms with Crippen molar-refractivity contribution in [3.8, 4) is 11.4 Å². The van der Waals surface area contributed by atoms with Crippen LogP contribution in [0.1, 0.15) is 4.88 Å². The van der Waals surface area contributed by atoms with Gasteiger partial charge in [0.2, 0.25) is 4.77 Å². The number of carbonyl (C=O) groups is 1. The summed E-state index contributed by atoms with van der Waals surface area (Å²) in [4.78, 5) is 13.1. The Morgan fingerprint density at radius 2 is 2.08 bits per heavy atom. The highest BCUT2D eigenvalue weighted by molar-refractivity contribution is 9.11. The summed E-state index contributed by atoms with van der Waals surface area (Å²) in [5.41, 5.74) is 3.48. The molecule has 9 heteroatoms. The summed E-state index contributed by atoms with van der Waals surface area (Å²) < 4.78 is 2.72. The first-order valence-electron chi connectivity index (χ1n) is 6.71. The van der Waals surface area contributed by atoms with E-state index < -0.39 is 0 Å². The van der Waals surface area contributed by atoms with Crippen molar-refractivity contribution in [2.75, 3.05) is 5.43 Å². The van der Waals surface area contributed by atoms with Gasteiger partial charge in [-0.3, -0.25) is 10.2 Å². The zero-order valence-corrected chi connectivity index (χ0v) is 16.0. The van der Waals surface area contributed by atoms with Crippen molar-refractivity contribution in [3.05, 3.63) is 60.9 Å². The number of amides is 1. The number of carbonyl (C=O) groups excluding carboxylic acids is 1. The van der Waals surface area contributed by atoms with Crippen molar-refractivity contribution in [1.82, 2.24) is 14.9 Å². The van der Waals surface area contributed by atoms with E-state index in [0.717, 1.165) is 14.2 Å². The number of hydrogen-bond acceptors (Lipinski definition) is 4. The molecule has 0 aliphatic rings. The molecule has 0 atom stereocenters. The third-order valence-corrected chi connectivity index (χ3v) is 5.10. The van der Waals surface area contributed by atoms with Gasteiger partial charge < -0.3 is 0 Å². The maximum atomic E-state index is 12.1. The highest BCUT2D eigenvalue weighted by atomic mass is 79.9. The Labute approximate surface area is 160 Å². The maximum Gasteiger partial charge on any atom is 0.262 e. The molecular formula is C15H10BrClN4OS2. The predicted octanol–water partition coefficient (Wildman–Crippen LogP) is 4.87. The lowest BCUT2D eigenvalue weighted by Crippen LogP contribution is -2.21. The number of benzene rings is 1. The molecule has 2 heterocycles. The number of aromatic amines is 1. The fourth-order valence-electron chi connectivity index (χ4n) is 1.92. The number of H-pyrrole nitrogens is 1. The normalized spacial score (nSPS) is 11.1. The number of rotatable bonds is 4. The first-order valence-corrected chi connectivity index (χ1v) is 9.10. The summed E-state index contributed by atoms with van der Waals surface area (Å²) in [5, 5.41) is 7.44. The van der Waals surface area contributed by atoms with Crippen LogP contribution in [0, 0.1) is 4.77 Å². The molecule has 0 radical (unpaired) electrons. The van der Waals surface area contributed by atoms with Crippen LogP contribution in [0.15, 0.2) is 46.3 Å². The first-order chi connectivity index (χ1) is 11.5. The quantitative estimate of drug-likeness (QED) is 0.448. The van der Waals surface area contributed by atoms with Crippen molar-refractivity contribution < 1.29 is 4.79 Å². The number of nitrogens with zero attached hydrogens (tertiary/aromatic N) is 2. The molecule has 2 aromatic heterocycles. The molecular weight excluding hydrogens is 432 g/mol. The van der Waals surface area contributed by atoms with E-state index in [2.05, 4.69) is 31.6 Å². The highest BCUT2D eigenvalue weighted by Gasteiger charge is 2.10. The number of aromatic nitrogens is 3. The van der Waals surface area contributed by atoms with Crippen molar-refractivity contribution in [2.24, 2.45) is 0 Å². The highest BCUT2D eigenvalue weighted by Crippen LogP contribution is 2.23. The Morgan fingerprint density at radius 1 is 1.33 bits per heavy atom. The van der Waals surface area contributed by atoms with Gasteiger partial charge in [0.05, 0.1) is 3.79 Å². The van der Waals surface area contributed by atoms with E-state index in [9.17, 15) is 4.79 Å². The van der Waals surface area contributed by atoms with Crippen LogP contribution in [-0.4, -0.2) is 20.8 Å². The van der Waals surface area contributed by atoms with Crippen LogP contribution in [0.2, 0.25) is 5.02 Å². The van der Waals surface area contributed by atoms with E-state index >= 15 is 0 Å². The minimum absolute atomic E-state index is 0.292. The molecule has 0 aliphatic carbocycles. The van der Waals surface area contributed by atoms with Crippen molar-refractivity contribution >= 4 is 63.1 Å². The monoisotopic (exact) mass is 440 g/mol. The number of halogens is 2. The van der Waals surface area contributed by atoms with Gasteiger partial charge in [-0.05, 0) is 70.6 Å². The van der Waals surface area contributed by atoms with Crippen LogP contribution in [0.3, 0.4) is 0 Å². The zero-order chi connectivity index (χ0) is 17.1. The van der Waals surface area contributed by atoms with Gasteiger partial charge in [-0.2, -0.15) is 5.10 Å². The Hall–Kier alpha value is -1.74. The lowest BCUT2D eigenvalue weighted by atomic mass is 10.2. The molecule has 24 heavy (non-hydrogen) atoms. The summed E-state index contributed by atoms with van der Waals surface area (Å²) in [6, 6.07) is 10.9. The van der Waals surface area contributed by atoms with E-state index in [0.29, 0.717) is 15.6 Å². The third-order valence-electron chi connectivity index (χ3n) is 2.99. The fourth-order valence-corrected chi connectivity index (χ4v) is 3.55. The van der Waals surface area contributed by atoms with Crippen LogP contribution >= 0.6 is 51.1 Å². The van der Waals surface area contributed by atoms with E-state index in [1.54, 1.807) is 30.3 Å². The second kappa shape index (κ2) is 7.43. The van der Waals surface area contributed by atoms with E-state index in [-0.39, 0.29) is 5.91 Å². The van der Waals surface area contributed by atoms with Gasteiger partial charge in [0.1, 0.15) is 0 Å². The second-order valence-electron chi connectivity index (χ2n) is 4.65. The van der Waals surface area contributed by atoms with Crippen LogP contribution < -0.4 is 5.43 Å². The molecule has 0 bridgehead atoms. The summed E-state index contributed by atoms with van der Waals surface area (Å²) in [7, 11) is 0. The Kier molecular flexibility index (Phi) is 5.30. The molecule has 1 amide bonds. The lowest BCUT2D eigenvalue weighted by molar-refractivity contribution is -0.112. The van der Waals surface area contributed by atoms with E-state index in [1.807, 2.05) is 12.1 Å². The van der Waals surface area contributed by atoms with Gasteiger partial charge in [-0.15, -0.1) is 11.3 Å². The van der Waals surface area contributed by atoms with Gasteiger partial charge in [0, 0.05) is 21.5 Å². The van der Waals surface area contributed by atoms with E-state index in [1.165, 1.54) is 22.1 Å². The van der Waals surface area contributed by atoms with Crippen molar-refractivity contribution in [1.29, 1.82) is 0 Å². The SMILES string of the molecule is O=C(C=Cc1ccc(Br)s1)Nn1c(-c2ccc(Cl)cc2)n[nH]c1=S. The predicted molar refractivity (Wildman–Crippen MR) is 103 cm³/mol. The Balaban J connectivity index is 1.81. The molecule has 3 rings (SSSR count). The minimum Gasteiger partial charge on any atom is -0.268 e. The minimum atomic E-state index is -0.313. The molecule has 3 aromatic rings. The van der Waals surface area contributed by atoms with Crippen molar-refractivity contribution in [3.63, 3.8) is 0 Å². The van der Waals surface area contributed by atoms with Gasteiger partial charge >= 0.3 is 0 Å². The first kappa shape index (κ1) is 17.1. The lowest BCUT2D eigenvalue weighted by Gasteiger charge is -2.06. The standard InChI is InChI=1S/C15H10BrClN4OS2/c16-12-7-5-11(24-12)6-8-13(22)20-21-14(18-19-15(21)23)9-1-3-10(17)4-2-9/h1-8H,(H,19,23)(H,20,22). The second-order valence-corrected chi connectivity index (χ2v) is 7.96. The third kappa shape index (κ3) is 4.02. The van der Waals surface area contributed by atoms with E-state index in [4.69, 9.17) is 23.8 Å². The molecule has 0 unspecified atom stereocenters. The van der Waals surface area contributed by atoms with Gasteiger partial charge in [0.15, 0.2) is 5.82 Å². The average Bonchev–Trinajstić information content (AvgIpc) is 3.13. The Bertz CT molecular complexity index is 959. The number of thiophene rings is 1. The maximum absolute atomic E-state index is 12.1. The molecule has 1 aromatic carbocycles. The van der Waals surface area contributed by atoms with Crippen LogP contribution in [0.5, 0.6) is 0 Å². The summed E-state index contributed by atoms with van der Waals surface area (Å²) in [6.07, 6.45) is 3.18. The summed E-state index contributed by atoms with van der Waals surface area (Å²) >= 11 is 16.0. The molecule has 0 fully saturated rings. The Morgan fingerprint density at radius 3 is 2.75 bits per heavy atom.